The average molecular weight is 263 g/mol. The van der Waals surface area contributed by atoms with Crippen LogP contribution in [-0.2, 0) is 0 Å². The molecule has 0 amide bonds. The third-order valence-electron chi connectivity index (χ3n) is 1.96. The number of hydrogen-bond donors (Lipinski definition) is 0. The fourth-order valence-corrected chi connectivity index (χ4v) is 3.48. The summed E-state index contributed by atoms with van der Waals surface area (Å²) >= 11 is 5.81. The Hall–Kier alpha value is -0.200. The molecule has 0 aliphatic carbocycles. The summed E-state index contributed by atoms with van der Waals surface area (Å²) in [6.45, 7) is 3.77. The van der Waals surface area contributed by atoms with E-state index in [0.717, 1.165) is 24.6 Å². The highest BCUT2D eigenvalue weighted by atomic mass is 35.5. The second-order valence-electron chi connectivity index (χ2n) is 3.08. The number of anilines is 1. The number of halogens is 1. The van der Waals surface area contributed by atoms with Crippen molar-refractivity contribution in [1.82, 2.24) is 15.0 Å². The molecule has 1 aromatic rings. The summed E-state index contributed by atoms with van der Waals surface area (Å²) < 4.78 is 0. The van der Waals surface area contributed by atoms with Crippen molar-refractivity contribution in [2.45, 2.75) is 6.92 Å². The molecule has 2 heterocycles. The Balaban J connectivity index is 2.19. The molecule has 0 spiro atoms. The molecule has 1 saturated heterocycles. The van der Waals surface area contributed by atoms with Gasteiger partial charge < -0.3 is 4.90 Å². The molecule has 0 atom stereocenters. The Morgan fingerprint density at radius 3 is 2.40 bits per heavy atom. The summed E-state index contributed by atoms with van der Waals surface area (Å²) in [4.78, 5) is 14.6. The maximum atomic E-state index is 5.81. The molecule has 4 nitrogen and oxygen atoms in total. The van der Waals surface area contributed by atoms with E-state index >= 15 is 0 Å². The van der Waals surface area contributed by atoms with E-state index in [-0.39, 0.29) is 5.28 Å². The SMILES string of the molecule is Cc1nc(Cl)nc(N2CCSSCC2)n1. The number of nitrogens with zero attached hydrogens (tertiary/aromatic N) is 4. The monoisotopic (exact) mass is 262 g/mol. The normalized spacial score (nSPS) is 17.6. The first-order valence-electron chi connectivity index (χ1n) is 4.63. The van der Waals surface area contributed by atoms with Gasteiger partial charge in [0.15, 0.2) is 0 Å². The van der Waals surface area contributed by atoms with Gasteiger partial charge in [-0.1, -0.05) is 21.6 Å². The summed E-state index contributed by atoms with van der Waals surface area (Å²) in [5.74, 6) is 3.56. The molecule has 0 radical (unpaired) electrons. The number of aromatic nitrogens is 3. The van der Waals surface area contributed by atoms with Gasteiger partial charge in [-0.2, -0.15) is 9.97 Å². The lowest BCUT2D eigenvalue weighted by Crippen LogP contribution is -2.29. The second-order valence-corrected chi connectivity index (χ2v) is 6.12. The van der Waals surface area contributed by atoms with E-state index in [1.54, 1.807) is 0 Å². The fourth-order valence-electron chi connectivity index (χ4n) is 1.30. The molecule has 7 heteroatoms. The van der Waals surface area contributed by atoms with Gasteiger partial charge in [0.05, 0.1) is 0 Å². The lowest BCUT2D eigenvalue weighted by molar-refractivity contribution is 0.813. The van der Waals surface area contributed by atoms with Crippen LogP contribution in [0.4, 0.5) is 5.95 Å². The largest absolute Gasteiger partial charge is 0.339 e. The molecule has 15 heavy (non-hydrogen) atoms. The first kappa shape index (κ1) is 11.3. The Kier molecular flexibility index (Phi) is 3.93. The van der Waals surface area contributed by atoms with Crippen LogP contribution >= 0.6 is 33.2 Å². The molecule has 0 aromatic carbocycles. The fraction of sp³-hybridized carbons (Fsp3) is 0.625. The van der Waals surface area contributed by atoms with Gasteiger partial charge in [0.1, 0.15) is 5.82 Å². The van der Waals surface area contributed by atoms with Gasteiger partial charge >= 0.3 is 0 Å². The van der Waals surface area contributed by atoms with E-state index in [1.807, 2.05) is 28.5 Å². The molecular formula is C8H11ClN4S2. The third-order valence-corrected chi connectivity index (χ3v) is 4.50. The quantitative estimate of drug-likeness (QED) is 0.722. The maximum absolute atomic E-state index is 5.81. The first-order valence-corrected chi connectivity index (χ1v) is 7.50. The Morgan fingerprint density at radius 2 is 1.80 bits per heavy atom. The molecule has 1 aromatic heterocycles. The van der Waals surface area contributed by atoms with E-state index in [2.05, 4.69) is 19.9 Å². The van der Waals surface area contributed by atoms with Crippen molar-refractivity contribution >= 4 is 39.1 Å². The minimum absolute atomic E-state index is 0.280. The zero-order valence-corrected chi connectivity index (χ0v) is 10.7. The van der Waals surface area contributed by atoms with Crippen molar-refractivity contribution in [2.75, 3.05) is 29.5 Å². The van der Waals surface area contributed by atoms with Crippen LogP contribution in [0.3, 0.4) is 0 Å². The van der Waals surface area contributed by atoms with Gasteiger partial charge in [-0.3, -0.25) is 0 Å². The zero-order chi connectivity index (χ0) is 10.7. The number of rotatable bonds is 1. The molecule has 2 rings (SSSR count). The molecular weight excluding hydrogens is 252 g/mol. The van der Waals surface area contributed by atoms with Crippen LogP contribution < -0.4 is 4.90 Å². The van der Waals surface area contributed by atoms with E-state index in [4.69, 9.17) is 11.6 Å². The van der Waals surface area contributed by atoms with Crippen molar-refractivity contribution in [1.29, 1.82) is 0 Å². The third kappa shape index (κ3) is 3.12. The molecule has 0 bridgehead atoms. The van der Waals surface area contributed by atoms with Crippen LogP contribution in [-0.4, -0.2) is 39.5 Å². The molecule has 82 valence electrons. The van der Waals surface area contributed by atoms with Crippen molar-refractivity contribution in [3.63, 3.8) is 0 Å². The minimum atomic E-state index is 0.280. The van der Waals surface area contributed by atoms with Crippen LogP contribution in [0.15, 0.2) is 0 Å². The van der Waals surface area contributed by atoms with Crippen LogP contribution in [0.25, 0.3) is 0 Å². The highest BCUT2D eigenvalue weighted by Crippen LogP contribution is 2.25. The lowest BCUT2D eigenvalue weighted by atomic mass is 10.5. The maximum Gasteiger partial charge on any atom is 0.229 e. The highest BCUT2D eigenvalue weighted by Gasteiger charge is 2.14. The predicted octanol–water partition coefficient (Wildman–Crippen LogP) is 2.03. The smallest absolute Gasteiger partial charge is 0.229 e. The number of aryl methyl sites for hydroxylation is 1. The summed E-state index contributed by atoms with van der Waals surface area (Å²) in [5, 5.41) is 0.280. The van der Waals surface area contributed by atoms with Crippen LogP contribution in [0, 0.1) is 6.92 Å². The minimum Gasteiger partial charge on any atom is -0.339 e. The van der Waals surface area contributed by atoms with Gasteiger partial charge in [-0.25, -0.2) is 4.98 Å². The predicted molar refractivity (Wildman–Crippen MR) is 66.7 cm³/mol. The van der Waals surface area contributed by atoms with Crippen molar-refractivity contribution in [2.24, 2.45) is 0 Å². The Morgan fingerprint density at radius 1 is 1.13 bits per heavy atom. The highest BCUT2D eigenvalue weighted by molar-refractivity contribution is 8.76. The van der Waals surface area contributed by atoms with Crippen molar-refractivity contribution in [3.05, 3.63) is 11.1 Å². The lowest BCUT2D eigenvalue weighted by Gasteiger charge is -2.19. The summed E-state index contributed by atoms with van der Waals surface area (Å²) in [6.07, 6.45) is 0. The second kappa shape index (κ2) is 5.23. The molecule has 1 aliphatic rings. The summed E-state index contributed by atoms with van der Waals surface area (Å²) in [7, 11) is 3.79. The van der Waals surface area contributed by atoms with Gasteiger partial charge in [0.2, 0.25) is 11.2 Å². The molecule has 1 aliphatic heterocycles. The molecule has 0 N–H and O–H groups in total. The van der Waals surface area contributed by atoms with E-state index in [0.29, 0.717) is 11.8 Å². The topological polar surface area (TPSA) is 41.9 Å². The van der Waals surface area contributed by atoms with E-state index in [9.17, 15) is 0 Å². The van der Waals surface area contributed by atoms with Crippen molar-refractivity contribution in [3.8, 4) is 0 Å². The van der Waals surface area contributed by atoms with Gasteiger partial charge in [-0.15, -0.1) is 0 Å². The van der Waals surface area contributed by atoms with Gasteiger partial charge in [0.25, 0.3) is 0 Å². The Labute approximate surface area is 102 Å². The first-order chi connectivity index (χ1) is 7.25. The Bertz CT molecular complexity index is 321. The van der Waals surface area contributed by atoms with Gasteiger partial charge in [0, 0.05) is 24.6 Å². The van der Waals surface area contributed by atoms with Crippen LogP contribution in [0.1, 0.15) is 5.82 Å². The van der Waals surface area contributed by atoms with Gasteiger partial charge in [-0.05, 0) is 18.5 Å². The standard InChI is InChI=1S/C8H11ClN4S2/c1-6-10-7(9)12-8(11-6)13-2-4-14-15-5-3-13/h2-5H2,1H3. The van der Waals surface area contributed by atoms with E-state index < -0.39 is 0 Å². The van der Waals surface area contributed by atoms with E-state index in [1.165, 1.54) is 0 Å². The zero-order valence-electron chi connectivity index (χ0n) is 8.31. The van der Waals surface area contributed by atoms with Crippen LogP contribution in [0.2, 0.25) is 5.28 Å². The summed E-state index contributed by atoms with van der Waals surface area (Å²) in [5.41, 5.74) is 0. The average Bonchev–Trinajstić information content (AvgIpc) is 2.43. The molecule has 0 saturated carbocycles. The van der Waals surface area contributed by atoms with Crippen molar-refractivity contribution < 1.29 is 0 Å². The number of hydrogen-bond acceptors (Lipinski definition) is 6. The van der Waals surface area contributed by atoms with Crippen LogP contribution in [0.5, 0.6) is 0 Å². The molecule has 0 unspecified atom stereocenters. The summed E-state index contributed by atoms with van der Waals surface area (Å²) in [6, 6.07) is 0. The molecule has 1 fully saturated rings.